The lowest BCUT2D eigenvalue weighted by molar-refractivity contribution is -0.148. The molecular formula is C18H26O7. The molecule has 0 aliphatic heterocycles. The molecule has 25 heavy (non-hydrogen) atoms. The zero-order valence-corrected chi connectivity index (χ0v) is 14.8. The highest BCUT2D eigenvalue weighted by atomic mass is 16.6. The molecule has 1 N–H and O–H groups in total. The topological polar surface area (TPSA) is 99.1 Å². The summed E-state index contributed by atoms with van der Waals surface area (Å²) in [6, 6.07) is 0. The molecule has 0 bridgehead atoms. The maximum absolute atomic E-state index is 10.6. The van der Waals surface area contributed by atoms with Crippen molar-refractivity contribution < 1.29 is 33.7 Å². The summed E-state index contributed by atoms with van der Waals surface area (Å²) >= 11 is 0. The molecule has 7 nitrogen and oxygen atoms in total. The van der Waals surface area contributed by atoms with Crippen molar-refractivity contribution in [2.75, 3.05) is 0 Å². The monoisotopic (exact) mass is 354 g/mol. The highest BCUT2D eigenvalue weighted by molar-refractivity contribution is 5.67. The van der Waals surface area contributed by atoms with E-state index in [2.05, 4.69) is 0 Å². The predicted octanol–water partition coefficient (Wildman–Crippen LogP) is 1.83. The smallest absolute Gasteiger partial charge is 0.303 e. The number of aliphatic hydroxyl groups is 1. The highest BCUT2D eigenvalue weighted by Gasteiger charge is 2.19. The van der Waals surface area contributed by atoms with Crippen LogP contribution >= 0.6 is 0 Å². The third kappa shape index (κ3) is 9.66. The summed E-state index contributed by atoms with van der Waals surface area (Å²) in [5.74, 6) is -0.841. The molecule has 4 atom stereocenters. The molecule has 0 heterocycles. The van der Waals surface area contributed by atoms with E-state index in [0.29, 0.717) is 19.3 Å². The van der Waals surface area contributed by atoms with Crippen LogP contribution in [0, 0.1) is 0 Å². The molecule has 0 aromatic heterocycles. The first-order valence-corrected chi connectivity index (χ1v) is 8.32. The molecule has 2 aliphatic carbocycles. The van der Waals surface area contributed by atoms with E-state index in [4.69, 9.17) is 19.3 Å². The molecule has 0 aromatic carbocycles. The first-order valence-electron chi connectivity index (χ1n) is 8.32. The summed E-state index contributed by atoms with van der Waals surface area (Å²) in [6.07, 6.45) is 8.90. The fourth-order valence-electron chi connectivity index (χ4n) is 2.48. The molecule has 7 heteroatoms. The number of carbonyl (C=O) groups is 3. The molecule has 0 saturated heterocycles. The van der Waals surface area contributed by atoms with Crippen molar-refractivity contribution in [3.05, 3.63) is 24.3 Å². The lowest BCUT2D eigenvalue weighted by atomic mass is 10.0. The Balaban J connectivity index is 0.000000257. The molecular weight excluding hydrogens is 328 g/mol. The number of ether oxygens (including phenoxy) is 3. The van der Waals surface area contributed by atoms with Crippen molar-refractivity contribution in [2.24, 2.45) is 0 Å². The van der Waals surface area contributed by atoms with E-state index < -0.39 is 0 Å². The molecule has 0 saturated carbocycles. The Morgan fingerprint density at radius 2 is 1.00 bits per heavy atom. The van der Waals surface area contributed by atoms with E-state index >= 15 is 0 Å². The second-order valence-electron chi connectivity index (χ2n) is 5.94. The van der Waals surface area contributed by atoms with Crippen molar-refractivity contribution >= 4 is 17.9 Å². The Kier molecular flexibility index (Phi) is 8.91. The highest BCUT2D eigenvalue weighted by Crippen LogP contribution is 2.17. The van der Waals surface area contributed by atoms with Gasteiger partial charge < -0.3 is 19.3 Å². The molecule has 2 aliphatic rings. The standard InChI is InChI=1S/C10H14O4.C8H12O3/c1-7(11)13-9-3-5-10(6-4-9)14-8(2)12;1-6(9)11-8-4-2-7(10)3-5-8/h3,5,9-10H,4,6H2,1-2H3;2,4,7-8,10H,3,5H2,1H3/t9-,10+;7-,8+/m.1/s1. The summed E-state index contributed by atoms with van der Waals surface area (Å²) in [6.45, 7) is 4.15. The minimum absolute atomic E-state index is 0.129. The molecule has 0 fully saturated rings. The van der Waals surface area contributed by atoms with Crippen LogP contribution in [0.1, 0.15) is 46.5 Å². The van der Waals surface area contributed by atoms with Crippen molar-refractivity contribution in [1.29, 1.82) is 0 Å². The Morgan fingerprint density at radius 3 is 1.24 bits per heavy atom. The quantitative estimate of drug-likeness (QED) is 0.469. The van der Waals surface area contributed by atoms with E-state index in [0.717, 1.165) is 6.42 Å². The van der Waals surface area contributed by atoms with Crippen LogP contribution in [0.25, 0.3) is 0 Å². The van der Waals surface area contributed by atoms with Gasteiger partial charge in [0, 0.05) is 20.8 Å². The summed E-state index contributed by atoms with van der Waals surface area (Å²) in [5.41, 5.74) is 0. The lowest BCUT2D eigenvalue weighted by Crippen LogP contribution is -2.24. The molecule has 140 valence electrons. The average molecular weight is 354 g/mol. The Morgan fingerprint density at radius 1 is 0.680 bits per heavy atom. The van der Waals surface area contributed by atoms with Gasteiger partial charge in [-0.15, -0.1) is 0 Å². The van der Waals surface area contributed by atoms with Gasteiger partial charge in [0.15, 0.2) is 0 Å². The van der Waals surface area contributed by atoms with E-state index in [9.17, 15) is 14.4 Å². The first kappa shape index (κ1) is 20.9. The van der Waals surface area contributed by atoms with Crippen LogP contribution in [0.4, 0.5) is 0 Å². The van der Waals surface area contributed by atoms with Crippen molar-refractivity contribution in [3.63, 3.8) is 0 Å². The Bertz CT molecular complexity index is 498. The van der Waals surface area contributed by atoms with Gasteiger partial charge in [0.2, 0.25) is 0 Å². The molecule has 0 amide bonds. The molecule has 2 rings (SSSR count). The number of esters is 3. The lowest BCUT2D eigenvalue weighted by Gasteiger charge is -2.22. The second-order valence-corrected chi connectivity index (χ2v) is 5.94. The SMILES string of the molecule is CC(=O)O[C@@H]1C=C[C@H](OC(C)=O)CC1.CC(=O)O[C@H]1C=C[C@@H](O)CC1. The fraction of sp³-hybridized carbons (Fsp3) is 0.611. The van der Waals surface area contributed by atoms with Crippen LogP contribution in [0.15, 0.2) is 24.3 Å². The molecule has 0 radical (unpaired) electrons. The zero-order chi connectivity index (χ0) is 18.8. The summed E-state index contributed by atoms with van der Waals surface area (Å²) in [7, 11) is 0. The number of hydrogen-bond acceptors (Lipinski definition) is 7. The van der Waals surface area contributed by atoms with Gasteiger partial charge in [0.05, 0.1) is 6.10 Å². The molecule has 0 spiro atoms. The zero-order valence-electron chi connectivity index (χ0n) is 14.8. The molecule has 0 aromatic rings. The van der Waals surface area contributed by atoms with Crippen molar-refractivity contribution in [3.8, 4) is 0 Å². The normalized spacial score (nSPS) is 27.5. The summed E-state index contributed by atoms with van der Waals surface area (Å²) in [5, 5.41) is 9.03. The van der Waals surface area contributed by atoms with Gasteiger partial charge in [-0.25, -0.2) is 0 Å². The number of aliphatic hydroxyl groups excluding tert-OH is 1. The van der Waals surface area contributed by atoms with Crippen molar-refractivity contribution in [2.45, 2.75) is 70.9 Å². The Labute approximate surface area is 147 Å². The second kappa shape index (κ2) is 10.7. The van der Waals surface area contributed by atoms with Crippen LogP contribution in [-0.2, 0) is 28.6 Å². The third-order valence-electron chi connectivity index (χ3n) is 3.52. The van der Waals surface area contributed by atoms with E-state index in [1.807, 2.05) is 0 Å². The predicted molar refractivity (Wildman–Crippen MR) is 89.4 cm³/mol. The van der Waals surface area contributed by atoms with Crippen LogP contribution in [-0.4, -0.2) is 47.4 Å². The van der Waals surface area contributed by atoms with Gasteiger partial charge in [-0.05, 0) is 43.9 Å². The van der Waals surface area contributed by atoms with E-state index in [-0.39, 0.29) is 42.3 Å². The largest absolute Gasteiger partial charge is 0.458 e. The van der Waals surface area contributed by atoms with Gasteiger partial charge in [0.1, 0.15) is 18.3 Å². The first-order chi connectivity index (χ1) is 11.8. The number of rotatable bonds is 3. The minimum atomic E-state index is -0.359. The van der Waals surface area contributed by atoms with Gasteiger partial charge in [0.25, 0.3) is 0 Å². The number of hydrogen-bond donors (Lipinski definition) is 1. The van der Waals surface area contributed by atoms with Gasteiger partial charge in [-0.3, -0.25) is 14.4 Å². The summed E-state index contributed by atoms with van der Waals surface area (Å²) in [4.78, 5) is 31.7. The van der Waals surface area contributed by atoms with Crippen LogP contribution in [0.5, 0.6) is 0 Å². The van der Waals surface area contributed by atoms with E-state index in [1.54, 1.807) is 24.3 Å². The van der Waals surface area contributed by atoms with Gasteiger partial charge in [-0.1, -0.05) is 6.08 Å². The Hall–Kier alpha value is -2.15. The maximum atomic E-state index is 10.6. The fourth-order valence-corrected chi connectivity index (χ4v) is 2.48. The van der Waals surface area contributed by atoms with Crippen LogP contribution in [0.3, 0.4) is 0 Å². The maximum Gasteiger partial charge on any atom is 0.303 e. The van der Waals surface area contributed by atoms with Gasteiger partial charge in [-0.2, -0.15) is 0 Å². The average Bonchev–Trinajstić information content (AvgIpc) is 2.51. The van der Waals surface area contributed by atoms with Crippen molar-refractivity contribution in [1.82, 2.24) is 0 Å². The van der Waals surface area contributed by atoms with Crippen LogP contribution < -0.4 is 0 Å². The summed E-state index contributed by atoms with van der Waals surface area (Å²) < 4.78 is 14.9. The minimum Gasteiger partial charge on any atom is -0.458 e. The number of carbonyl (C=O) groups excluding carboxylic acids is 3. The van der Waals surface area contributed by atoms with E-state index in [1.165, 1.54) is 20.8 Å². The van der Waals surface area contributed by atoms with Gasteiger partial charge >= 0.3 is 17.9 Å². The molecule has 0 unspecified atom stereocenters. The third-order valence-corrected chi connectivity index (χ3v) is 3.52. The van der Waals surface area contributed by atoms with Crippen LogP contribution in [0.2, 0.25) is 0 Å².